The fourth-order valence-electron chi connectivity index (χ4n) is 0. The van der Waals surface area contributed by atoms with Gasteiger partial charge in [0.15, 0.2) is 0 Å². The molecule has 0 N–H and O–H groups in total. The maximum absolute atomic E-state index is 3.49. The van der Waals surface area contributed by atoms with Crippen LogP contribution >= 0.6 is 0 Å². The van der Waals surface area contributed by atoms with E-state index >= 15 is 0 Å². The van der Waals surface area contributed by atoms with Gasteiger partial charge in [-0.15, -0.1) is 0 Å². The van der Waals surface area contributed by atoms with Crippen molar-refractivity contribution in [3.63, 3.8) is 0 Å². The molecule has 0 atom stereocenters. The third kappa shape index (κ3) is 207. The Hall–Kier alpha value is 0.519. The molecule has 1 heteroatoms. The second-order valence-electron chi connectivity index (χ2n) is 0.500. The molecule has 0 saturated carbocycles. The van der Waals surface area contributed by atoms with Crippen molar-refractivity contribution in [3.8, 4) is 0 Å². The summed E-state index contributed by atoms with van der Waals surface area (Å²) in [6.07, 6.45) is 1.00. The maximum Gasteiger partial charge on any atom is 2.00 e. The van der Waals surface area contributed by atoms with Gasteiger partial charge in [-0.2, -0.15) is 13.3 Å². The zero-order valence-corrected chi connectivity index (χ0v) is 5.36. The second-order valence-corrected chi connectivity index (χ2v) is 0.500. The van der Waals surface area contributed by atoms with Gasteiger partial charge >= 0.3 is 17.1 Å². The molecule has 0 rings (SSSR count). The van der Waals surface area contributed by atoms with E-state index < -0.39 is 0 Å². The zero-order valence-electron chi connectivity index (χ0n) is 4.42. The van der Waals surface area contributed by atoms with E-state index in [0.29, 0.717) is 0 Å². The summed E-state index contributed by atoms with van der Waals surface area (Å²) in [4.78, 5) is 0. The van der Waals surface area contributed by atoms with Gasteiger partial charge in [-0.3, -0.25) is 0 Å². The van der Waals surface area contributed by atoms with Crippen molar-refractivity contribution in [3.05, 3.63) is 13.8 Å². The summed E-state index contributed by atoms with van der Waals surface area (Å²) in [6, 6.07) is 0. The first kappa shape index (κ1) is 16.0. The molecule has 0 aromatic rings. The van der Waals surface area contributed by atoms with Crippen LogP contribution in [0.4, 0.5) is 0 Å². The molecule has 0 aliphatic rings. The summed E-state index contributed by atoms with van der Waals surface area (Å²) in [5, 5.41) is 0. The van der Waals surface area contributed by atoms with Gasteiger partial charge in [-0.25, -0.2) is 0 Å². The first-order valence-corrected chi connectivity index (χ1v) is 1.91. The molecule has 0 heterocycles. The van der Waals surface area contributed by atoms with Crippen LogP contribution in [0.25, 0.3) is 0 Å². The van der Waals surface area contributed by atoms with E-state index in [9.17, 15) is 0 Å². The third-order valence-corrected chi connectivity index (χ3v) is 0. The van der Waals surface area contributed by atoms with Crippen LogP contribution in [0.3, 0.4) is 0 Å². The normalized spacial score (nSPS) is 4.00. The van der Waals surface area contributed by atoms with E-state index in [1.54, 1.807) is 6.92 Å². The largest absolute Gasteiger partial charge is 2.00 e. The van der Waals surface area contributed by atoms with Gasteiger partial charge in [0.2, 0.25) is 0 Å². The van der Waals surface area contributed by atoms with Crippen LogP contribution in [0, 0.1) is 13.8 Å². The molecule has 0 bridgehead atoms. The van der Waals surface area contributed by atoms with Gasteiger partial charge in [0.05, 0.1) is 0 Å². The molecule has 0 aromatic carbocycles. The van der Waals surface area contributed by atoms with Gasteiger partial charge in [0.25, 0.3) is 0 Å². The number of hydrogen-bond donors (Lipinski definition) is 0. The van der Waals surface area contributed by atoms with Gasteiger partial charge in [-0.05, 0) is 0 Å². The van der Waals surface area contributed by atoms with Crippen LogP contribution < -0.4 is 0 Å². The van der Waals surface area contributed by atoms with Crippen molar-refractivity contribution in [1.82, 2.24) is 0 Å². The topological polar surface area (TPSA) is 0 Å². The first-order valence-electron chi connectivity index (χ1n) is 1.91. The Morgan fingerprint density at radius 2 is 1.33 bits per heavy atom. The van der Waals surface area contributed by atoms with E-state index in [-0.39, 0.29) is 17.1 Å². The van der Waals surface area contributed by atoms with Crippen LogP contribution in [0.5, 0.6) is 0 Å². The summed E-state index contributed by atoms with van der Waals surface area (Å²) in [5.74, 6) is 0. The summed E-state index contributed by atoms with van der Waals surface area (Å²) in [7, 11) is 0. The molecule has 0 unspecified atom stereocenters. The minimum absolute atomic E-state index is 0. The summed E-state index contributed by atoms with van der Waals surface area (Å²) in [5.41, 5.74) is 0. The van der Waals surface area contributed by atoms with Crippen molar-refractivity contribution in [2.24, 2.45) is 0 Å². The van der Waals surface area contributed by atoms with Crippen LogP contribution in [-0.4, -0.2) is 0 Å². The Bertz CT molecular complexity index is 3.90. The van der Waals surface area contributed by atoms with Crippen molar-refractivity contribution >= 4 is 0 Å². The molecule has 43 valence electrons. The molecule has 6 heavy (non-hydrogen) atoms. The molecule has 0 spiro atoms. The molecule has 0 aliphatic carbocycles. The number of hydrogen-bond acceptors (Lipinski definition) is 0. The Kier molecular flexibility index (Phi) is 130. The van der Waals surface area contributed by atoms with Gasteiger partial charge in [0, 0.05) is 0 Å². The Morgan fingerprint density at radius 1 is 1.33 bits per heavy atom. The summed E-state index contributed by atoms with van der Waals surface area (Å²) < 4.78 is 0. The van der Waals surface area contributed by atoms with Crippen molar-refractivity contribution < 1.29 is 17.1 Å². The molecule has 0 aromatic heterocycles. The average Bonchev–Trinajstić information content (AvgIpc) is 1.46. The summed E-state index contributed by atoms with van der Waals surface area (Å²) >= 11 is 0. The van der Waals surface area contributed by atoms with E-state index in [0.717, 1.165) is 6.42 Å². The predicted molar refractivity (Wildman–Crippen MR) is 26.7 cm³/mol. The molecule has 0 fully saturated rings. The minimum Gasteiger partial charge on any atom is -0.346 e. The molecule has 0 amide bonds. The van der Waals surface area contributed by atoms with Crippen LogP contribution in [0.15, 0.2) is 0 Å². The minimum atomic E-state index is 0. The Labute approximate surface area is 51.8 Å². The van der Waals surface area contributed by atoms with Crippen molar-refractivity contribution in [2.45, 2.75) is 20.3 Å². The smallest absolute Gasteiger partial charge is 0.346 e. The monoisotopic (exact) mass is 135 g/mol. The van der Waals surface area contributed by atoms with Crippen molar-refractivity contribution in [1.29, 1.82) is 0 Å². The fourth-order valence-corrected chi connectivity index (χ4v) is 0. The molecule has 0 nitrogen and oxygen atoms in total. The maximum atomic E-state index is 3.49. The van der Waals surface area contributed by atoms with E-state index in [1.165, 1.54) is 0 Å². The second kappa shape index (κ2) is 48.8. The number of rotatable bonds is 0. The van der Waals surface area contributed by atoms with Gasteiger partial charge in [0.1, 0.15) is 0 Å². The molecular weight excluding hydrogens is 124 g/mol. The Morgan fingerprint density at radius 3 is 1.33 bits per heavy atom. The van der Waals surface area contributed by atoms with Crippen LogP contribution in [-0.2, 0) is 17.1 Å². The average molecular weight is 136 g/mol. The van der Waals surface area contributed by atoms with E-state index in [1.807, 2.05) is 6.92 Å². The zero-order chi connectivity index (χ0) is 4.71. The molecule has 1 radical (unpaired) electrons. The van der Waals surface area contributed by atoms with Crippen molar-refractivity contribution in [2.75, 3.05) is 0 Å². The summed E-state index contributed by atoms with van der Waals surface area (Å²) in [6.45, 7) is 10.5. The fraction of sp³-hybridized carbons (Fsp3) is 0.600. The molecular formula is C5H12Cu. The first-order chi connectivity index (χ1) is 2.41. The SMILES string of the molecule is [CH2-]C.[CH2-]CC.[Cu+2]. The van der Waals surface area contributed by atoms with Crippen LogP contribution in [0.1, 0.15) is 20.3 Å². The van der Waals surface area contributed by atoms with Crippen LogP contribution in [0.2, 0.25) is 0 Å². The standard InChI is InChI=1S/C3H7.C2H5.Cu/c1-3-2;1-2;/h1,3H2,2H3;1H2,2H3;/q2*-1;+2. The van der Waals surface area contributed by atoms with Gasteiger partial charge < -0.3 is 13.8 Å². The Balaban J connectivity index is -0.0000000275. The predicted octanol–water partition coefficient (Wildman–Crippen LogP) is 2.07. The van der Waals surface area contributed by atoms with E-state index in [2.05, 4.69) is 13.8 Å². The quantitative estimate of drug-likeness (QED) is 0.353. The van der Waals surface area contributed by atoms with Gasteiger partial charge in [-0.1, -0.05) is 6.92 Å². The van der Waals surface area contributed by atoms with E-state index in [4.69, 9.17) is 0 Å². The third-order valence-electron chi connectivity index (χ3n) is 0. The molecule has 0 aliphatic heterocycles. The molecule has 0 saturated heterocycles.